The first-order valence-electron chi connectivity index (χ1n) is 6.05. The van der Waals surface area contributed by atoms with E-state index in [0.29, 0.717) is 0 Å². The molecule has 0 bridgehead atoms. The van der Waals surface area contributed by atoms with Gasteiger partial charge >= 0.3 is 0 Å². The summed E-state index contributed by atoms with van der Waals surface area (Å²) >= 11 is 1.77. The zero-order valence-electron chi connectivity index (χ0n) is 11.1. The first kappa shape index (κ1) is 13.1. The molecule has 2 rings (SSSR count). The summed E-state index contributed by atoms with van der Waals surface area (Å²) in [6.07, 6.45) is 0.810. The van der Waals surface area contributed by atoms with E-state index in [1.165, 1.54) is 20.9 Å². The molecule has 96 valence electrons. The van der Waals surface area contributed by atoms with Crippen molar-refractivity contribution in [1.82, 2.24) is 0 Å². The van der Waals surface area contributed by atoms with Gasteiger partial charge in [-0.15, -0.1) is 11.3 Å². The van der Waals surface area contributed by atoms with Crippen LogP contribution < -0.4 is 10.5 Å². The van der Waals surface area contributed by atoms with Crippen LogP contribution in [0.25, 0.3) is 0 Å². The number of hydrogen-bond acceptors (Lipinski definition) is 3. The Morgan fingerprint density at radius 1 is 1.22 bits per heavy atom. The van der Waals surface area contributed by atoms with Crippen LogP contribution >= 0.6 is 11.3 Å². The summed E-state index contributed by atoms with van der Waals surface area (Å²) in [5.41, 5.74) is 8.68. The summed E-state index contributed by atoms with van der Waals surface area (Å²) in [7, 11) is 1.70. The van der Waals surface area contributed by atoms with Crippen LogP contribution in [0.2, 0.25) is 0 Å². The molecule has 2 nitrogen and oxygen atoms in total. The minimum Gasteiger partial charge on any atom is -0.496 e. The molecular formula is C15H19NOS. The molecule has 0 radical (unpaired) electrons. The molecule has 0 aliphatic heterocycles. The van der Waals surface area contributed by atoms with Crippen molar-refractivity contribution in [1.29, 1.82) is 0 Å². The maximum absolute atomic E-state index is 6.27. The van der Waals surface area contributed by atoms with E-state index < -0.39 is 0 Å². The lowest BCUT2D eigenvalue weighted by molar-refractivity contribution is 0.408. The van der Waals surface area contributed by atoms with Crippen molar-refractivity contribution < 1.29 is 4.74 Å². The fourth-order valence-corrected chi connectivity index (χ4v) is 2.94. The lowest BCUT2D eigenvalue weighted by Gasteiger charge is -2.13. The van der Waals surface area contributed by atoms with Gasteiger partial charge in [0.2, 0.25) is 0 Å². The van der Waals surface area contributed by atoms with E-state index in [1.807, 2.05) is 6.07 Å². The van der Waals surface area contributed by atoms with Gasteiger partial charge in [0, 0.05) is 15.8 Å². The Bertz CT molecular complexity index is 533. The smallest absolute Gasteiger partial charge is 0.122 e. The van der Waals surface area contributed by atoms with Gasteiger partial charge in [-0.3, -0.25) is 0 Å². The van der Waals surface area contributed by atoms with Crippen molar-refractivity contribution in [3.8, 4) is 5.75 Å². The summed E-state index contributed by atoms with van der Waals surface area (Å²) in [6, 6.07) is 10.5. The average molecular weight is 261 g/mol. The summed E-state index contributed by atoms with van der Waals surface area (Å²) in [6.45, 7) is 4.19. The van der Waals surface area contributed by atoms with Crippen LogP contribution in [0.3, 0.4) is 0 Å². The van der Waals surface area contributed by atoms with Crippen molar-refractivity contribution in [3.63, 3.8) is 0 Å². The highest BCUT2D eigenvalue weighted by Crippen LogP contribution is 2.28. The highest BCUT2D eigenvalue weighted by atomic mass is 32.1. The lowest BCUT2D eigenvalue weighted by atomic mass is 10.0. The molecule has 0 fully saturated rings. The van der Waals surface area contributed by atoms with Gasteiger partial charge in [-0.25, -0.2) is 0 Å². The van der Waals surface area contributed by atoms with E-state index in [1.54, 1.807) is 18.4 Å². The molecule has 1 aromatic heterocycles. The molecule has 1 aromatic carbocycles. The highest BCUT2D eigenvalue weighted by molar-refractivity contribution is 7.12. The fourth-order valence-electron chi connectivity index (χ4n) is 2.06. The SMILES string of the molecule is COc1ccc(C)cc1CC(N)c1ccc(C)s1. The zero-order chi connectivity index (χ0) is 13.1. The maximum atomic E-state index is 6.27. The van der Waals surface area contributed by atoms with E-state index in [9.17, 15) is 0 Å². The number of rotatable bonds is 4. The molecular weight excluding hydrogens is 242 g/mol. The van der Waals surface area contributed by atoms with Crippen LogP contribution in [0, 0.1) is 13.8 Å². The second-order valence-corrected chi connectivity index (χ2v) is 5.89. The van der Waals surface area contributed by atoms with E-state index in [2.05, 4.69) is 38.1 Å². The van der Waals surface area contributed by atoms with Crippen LogP contribution in [-0.4, -0.2) is 7.11 Å². The number of ether oxygens (including phenoxy) is 1. The lowest BCUT2D eigenvalue weighted by Crippen LogP contribution is -2.12. The molecule has 1 atom stereocenters. The summed E-state index contributed by atoms with van der Waals surface area (Å²) in [5, 5.41) is 0. The Labute approximate surface area is 112 Å². The van der Waals surface area contributed by atoms with Gasteiger partial charge in [0.15, 0.2) is 0 Å². The molecule has 2 aromatic rings. The van der Waals surface area contributed by atoms with Crippen LogP contribution in [-0.2, 0) is 6.42 Å². The quantitative estimate of drug-likeness (QED) is 0.912. The third-order valence-corrected chi connectivity index (χ3v) is 4.13. The van der Waals surface area contributed by atoms with E-state index >= 15 is 0 Å². The van der Waals surface area contributed by atoms with Crippen molar-refractivity contribution in [3.05, 3.63) is 51.2 Å². The van der Waals surface area contributed by atoms with Crippen LogP contribution in [0.1, 0.15) is 26.9 Å². The summed E-state index contributed by atoms with van der Waals surface area (Å²) < 4.78 is 5.39. The molecule has 2 N–H and O–H groups in total. The molecule has 3 heteroatoms. The summed E-state index contributed by atoms with van der Waals surface area (Å²) in [4.78, 5) is 2.53. The van der Waals surface area contributed by atoms with Gasteiger partial charge in [-0.05, 0) is 44.0 Å². The molecule has 0 amide bonds. The number of thiophene rings is 1. The standard InChI is InChI=1S/C15H19NOS/c1-10-4-6-14(17-3)12(8-10)9-13(16)15-7-5-11(2)18-15/h4-8,13H,9,16H2,1-3H3. The van der Waals surface area contributed by atoms with E-state index in [4.69, 9.17) is 10.5 Å². The van der Waals surface area contributed by atoms with Crippen molar-refractivity contribution in [2.24, 2.45) is 5.73 Å². The van der Waals surface area contributed by atoms with E-state index in [0.717, 1.165) is 12.2 Å². The molecule has 0 aliphatic rings. The minimum absolute atomic E-state index is 0.0411. The predicted molar refractivity (Wildman–Crippen MR) is 77.4 cm³/mol. The highest BCUT2D eigenvalue weighted by Gasteiger charge is 2.12. The number of aryl methyl sites for hydroxylation is 2. The number of methoxy groups -OCH3 is 1. The minimum atomic E-state index is 0.0411. The van der Waals surface area contributed by atoms with Gasteiger partial charge in [0.1, 0.15) is 5.75 Å². The summed E-state index contributed by atoms with van der Waals surface area (Å²) in [5.74, 6) is 0.921. The van der Waals surface area contributed by atoms with Gasteiger partial charge in [-0.1, -0.05) is 17.7 Å². The second kappa shape index (κ2) is 5.55. The molecule has 18 heavy (non-hydrogen) atoms. The molecule has 0 saturated carbocycles. The number of nitrogens with two attached hydrogens (primary N) is 1. The Balaban J connectivity index is 2.20. The largest absolute Gasteiger partial charge is 0.496 e. The van der Waals surface area contributed by atoms with Crippen molar-refractivity contribution >= 4 is 11.3 Å². The van der Waals surface area contributed by atoms with Gasteiger partial charge < -0.3 is 10.5 Å². The van der Waals surface area contributed by atoms with Crippen LogP contribution in [0.4, 0.5) is 0 Å². The monoisotopic (exact) mass is 261 g/mol. The Morgan fingerprint density at radius 3 is 2.61 bits per heavy atom. The Hall–Kier alpha value is -1.32. The molecule has 1 heterocycles. The topological polar surface area (TPSA) is 35.2 Å². The van der Waals surface area contributed by atoms with Crippen molar-refractivity contribution in [2.45, 2.75) is 26.3 Å². The van der Waals surface area contributed by atoms with Gasteiger partial charge in [-0.2, -0.15) is 0 Å². The maximum Gasteiger partial charge on any atom is 0.122 e. The molecule has 0 spiro atoms. The normalized spacial score (nSPS) is 12.4. The third kappa shape index (κ3) is 2.92. The average Bonchev–Trinajstić information content (AvgIpc) is 2.76. The first-order valence-corrected chi connectivity index (χ1v) is 6.87. The molecule has 0 saturated heterocycles. The molecule has 0 aliphatic carbocycles. The van der Waals surface area contributed by atoms with Crippen LogP contribution in [0.15, 0.2) is 30.3 Å². The van der Waals surface area contributed by atoms with Gasteiger partial charge in [0.05, 0.1) is 7.11 Å². The van der Waals surface area contributed by atoms with Gasteiger partial charge in [0.25, 0.3) is 0 Å². The number of benzene rings is 1. The molecule has 1 unspecified atom stereocenters. The first-order chi connectivity index (χ1) is 8.60. The predicted octanol–water partition coefficient (Wildman–Crippen LogP) is 3.62. The number of hydrogen-bond donors (Lipinski definition) is 1. The fraction of sp³-hybridized carbons (Fsp3) is 0.333. The van der Waals surface area contributed by atoms with Crippen LogP contribution in [0.5, 0.6) is 5.75 Å². The van der Waals surface area contributed by atoms with Crippen molar-refractivity contribution in [2.75, 3.05) is 7.11 Å². The third-order valence-electron chi connectivity index (χ3n) is 3.00. The Kier molecular flexibility index (Phi) is 4.04. The van der Waals surface area contributed by atoms with E-state index in [-0.39, 0.29) is 6.04 Å². The Morgan fingerprint density at radius 2 is 2.00 bits per heavy atom. The second-order valence-electron chi connectivity index (χ2n) is 4.57. The zero-order valence-corrected chi connectivity index (χ0v) is 11.9.